The standard InChI is InChI=1S/C26H24ClFN2O4/c1-15(2)23-21(16-5-7-17(8-6-16)26(31)33-4)22-20(34-14-32-3)13-29-25(27)24(22)30(23)19-11-9-18(28)10-12-19/h5-13,15H,14H2,1-4H3. The first-order valence-electron chi connectivity index (χ1n) is 10.7. The van der Waals surface area contributed by atoms with E-state index in [2.05, 4.69) is 18.8 Å². The van der Waals surface area contributed by atoms with Crippen LogP contribution in [0.4, 0.5) is 4.39 Å². The Morgan fingerprint density at radius 1 is 1.09 bits per heavy atom. The highest BCUT2D eigenvalue weighted by Crippen LogP contribution is 2.46. The van der Waals surface area contributed by atoms with Crippen LogP contribution in [0.3, 0.4) is 0 Å². The van der Waals surface area contributed by atoms with Gasteiger partial charge in [0.25, 0.3) is 0 Å². The third-order valence-corrected chi connectivity index (χ3v) is 5.78. The fourth-order valence-electron chi connectivity index (χ4n) is 4.09. The number of benzene rings is 2. The van der Waals surface area contributed by atoms with Crippen LogP contribution < -0.4 is 4.74 Å². The van der Waals surface area contributed by atoms with Gasteiger partial charge in [-0.3, -0.25) is 0 Å². The predicted molar refractivity (Wildman–Crippen MR) is 129 cm³/mol. The lowest BCUT2D eigenvalue weighted by molar-refractivity contribution is 0.0520. The van der Waals surface area contributed by atoms with Crippen LogP contribution in [0.1, 0.15) is 35.8 Å². The first-order valence-corrected chi connectivity index (χ1v) is 11.0. The number of pyridine rings is 1. The maximum absolute atomic E-state index is 13.7. The van der Waals surface area contributed by atoms with Crippen LogP contribution in [-0.2, 0) is 9.47 Å². The van der Waals surface area contributed by atoms with Gasteiger partial charge in [-0.25, -0.2) is 14.2 Å². The molecule has 0 atom stereocenters. The van der Waals surface area contributed by atoms with E-state index in [0.29, 0.717) is 16.8 Å². The third kappa shape index (κ3) is 4.24. The van der Waals surface area contributed by atoms with Crippen molar-refractivity contribution < 1.29 is 23.4 Å². The second-order valence-electron chi connectivity index (χ2n) is 7.98. The number of halogens is 2. The van der Waals surface area contributed by atoms with E-state index in [1.807, 2.05) is 16.7 Å². The Balaban J connectivity index is 2.11. The Bertz CT molecular complexity index is 1330. The summed E-state index contributed by atoms with van der Waals surface area (Å²) in [7, 11) is 2.88. The molecule has 0 spiro atoms. The molecule has 0 aliphatic rings. The molecule has 4 aromatic rings. The summed E-state index contributed by atoms with van der Waals surface area (Å²) in [5.41, 5.74) is 4.48. The molecule has 0 fully saturated rings. The van der Waals surface area contributed by atoms with Crippen LogP contribution in [0.25, 0.3) is 27.7 Å². The fourth-order valence-corrected chi connectivity index (χ4v) is 4.31. The smallest absolute Gasteiger partial charge is 0.337 e. The third-order valence-electron chi connectivity index (χ3n) is 5.50. The molecule has 176 valence electrons. The number of ether oxygens (including phenoxy) is 3. The number of fused-ring (bicyclic) bond motifs is 1. The lowest BCUT2D eigenvalue weighted by Gasteiger charge is -2.16. The van der Waals surface area contributed by atoms with Crippen molar-refractivity contribution >= 4 is 28.5 Å². The van der Waals surface area contributed by atoms with Gasteiger partial charge in [0.2, 0.25) is 0 Å². The lowest BCUT2D eigenvalue weighted by atomic mass is 9.96. The number of carbonyl (C=O) groups excluding carboxylic acids is 1. The van der Waals surface area contributed by atoms with Crippen LogP contribution in [0.2, 0.25) is 5.15 Å². The molecule has 0 N–H and O–H groups in total. The van der Waals surface area contributed by atoms with Gasteiger partial charge in [0.05, 0.1) is 29.8 Å². The van der Waals surface area contributed by atoms with Crippen molar-refractivity contribution in [3.8, 4) is 22.6 Å². The number of aromatic nitrogens is 2. The Kier molecular flexibility index (Phi) is 6.86. The predicted octanol–water partition coefficient (Wildman–Crippen LogP) is 6.38. The molecule has 0 aliphatic carbocycles. The van der Waals surface area contributed by atoms with Gasteiger partial charge in [-0.1, -0.05) is 37.6 Å². The summed E-state index contributed by atoms with van der Waals surface area (Å²) in [5.74, 6) is -0.214. The van der Waals surface area contributed by atoms with Crippen molar-refractivity contribution in [1.82, 2.24) is 9.55 Å². The zero-order chi connectivity index (χ0) is 24.4. The average molecular weight is 483 g/mol. The van der Waals surface area contributed by atoms with Crippen molar-refractivity contribution in [2.75, 3.05) is 21.0 Å². The Morgan fingerprint density at radius 2 is 1.76 bits per heavy atom. The maximum Gasteiger partial charge on any atom is 0.337 e. The summed E-state index contributed by atoms with van der Waals surface area (Å²) < 4.78 is 31.6. The molecule has 4 rings (SSSR count). The first-order chi connectivity index (χ1) is 16.4. The molecule has 0 aliphatic heterocycles. The molecule has 8 heteroatoms. The van der Waals surface area contributed by atoms with E-state index in [-0.39, 0.29) is 23.7 Å². The molecule has 0 bridgehead atoms. The summed E-state index contributed by atoms with van der Waals surface area (Å²) in [6, 6.07) is 13.3. The Labute approximate surface area is 201 Å². The molecule has 34 heavy (non-hydrogen) atoms. The van der Waals surface area contributed by atoms with Gasteiger partial charge in [0.15, 0.2) is 17.7 Å². The number of esters is 1. The van der Waals surface area contributed by atoms with Crippen LogP contribution in [0.5, 0.6) is 5.75 Å². The van der Waals surface area contributed by atoms with Crippen molar-refractivity contribution in [3.63, 3.8) is 0 Å². The molecule has 0 saturated carbocycles. The van der Waals surface area contributed by atoms with Crippen LogP contribution in [0.15, 0.2) is 54.7 Å². The summed E-state index contributed by atoms with van der Waals surface area (Å²) in [4.78, 5) is 16.3. The zero-order valence-electron chi connectivity index (χ0n) is 19.3. The minimum absolute atomic E-state index is 0.0257. The highest BCUT2D eigenvalue weighted by Gasteiger charge is 2.27. The van der Waals surface area contributed by atoms with E-state index < -0.39 is 5.97 Å². The van der Waals surface area contributed by atoms with Crippen molar-refractivity contribution in [1.29, 1.82) is 0 Å². The molecule has 2 aromatic heterocycles. The number of nitrogens with zero attached hydrogens (tertiary/aromatic N) is 2. The van der Waals surface area contributed by atoms with Gasteiger partial charge >= 0.3 is 5.97 Å². The number of carbonyl (C=O) groups is 1. The maximum atomic E-state index is 13.7. The van der Waals surface area contributed by atoms with Crippen LogP contribution >= 0.6 is 11.6 Å². The fraction of sp³-hybridized carbons (Fsp3) is 0.231. The molecular formula is C26H24ClFN2O4. The summed E-state index contributed by atoms with van der Waals surface area (Å²) in [6.45, 7) is 4.16. The lowest BCUT2D eigenvalue weighted by Crippen LogP contribution is -2.04. The number of hydrogen-bond donors (Lipinski definition) is 0. The van der Waals surface area contributed by atoms with Crippen LogP contribution in [-0.4, -0.2) is 36.5 Å². The Hall–Kier alpha value is -3.42. The first kappa shape index (κ1) is 23.7. The zero-order valence-corrected chi connectivity index (χ0v) is 20.0. The molecular weight excluding hydrogens is 459 g/mol. The van der Waals surface area contributed by atoms with E-state index >= 15 is 0 Å². The van der Waals surface area contributed by atoms with E-state index in [0.717, 1.165) is 27.9 Å². The summed E-state index contributed by atoms with van der Waals surface area (Å²) in [5, 5.41) is 1.03. The van der Waals surface area contributed by atoms with E-state index in [9.17, 15) is 9.18 Å². The van der Waals surface area contributed by atoms with Crippen molar-refractivity contribution in [2.24, 2.45) is 0 Å². The van der Waals surface area contributed by atoms with Gasteiger partial charge in [-0.05, 0) is 47.9 Å². The van der Waals surface area contributed by atoms with Crippen molar-refractivity contribution in [2.45, 2.75) is 19.8 Å². The SMILES string of the molecule is COCOc1cnc(Cl)c2c1c(-c1ccc(C(=O)OC)cc1)c(C(C)C)n2-c1ccc(F)cc1. The number of hydrogen-bond acceptors (Lipinski definition) is 5. The topological polar surface area (TPSA) is 62.6 Å². The normalized spacial score (nSPS) is 11.3. The van der Waals surface area contributed by atoms with Crippen LogP contribution in [0, 0.1) is 5.82 Å². The molecule has 2 aromatic carbocycles. The quantitative estimate of drug-likeness (QED) is 0.174. The van der Waals surface area contributed by atoms with Gasteiger partial charge in [-0.2, -0.15) is 0 Å². The molecule has 0 unspecified atom stereocenters. The minimum Gasteiger partial charge on any atom is -0.465 e. The number of rotatable bonds is 7. The molecule has 6 nitrogen and oxygen atoms in total. The van der Waals surface area contributed by atoms with Gasteiger partial charge in [0, 0.05) is 24.1 Å². The minimum atomic E-state index is -0.416. The molecule has 0 saturated heterocycles. The average Bonchev–Trinajstić information content (AvgIpc) is 3.21. The monoisotopic (exact) mass is 482 g/mol. The van der Waals surface area contributed by atoms with Crippen molar-refractivity contribution in [3.05, 3.63) is 77.0 Å². The highest BCUT2D eigenvalue weighted by atomic mass is 35.5. The second-order valence-corrected chi connectivity index (χ2v) is 8.34. The molecule has 2 heterocycles. The second kappa shape index (κ2) is 9.83. The Morgan fingerprint density at radius 3 is 2.35 bits per heavy atom. The van der Waals surface area contributed by atoms with Gasteiger partial charge < -0.3 is 18.8 Å². The largest absolute Gasteiger partial charge is 0.465 e. The number of methoxy groups -OCH3 is 2. The van der Waals surface area contributed by atoms with E-state index in [1.165, 1.54) is 26.4 Å². The summed E-state index contributed by atoms with van der Waals surface area (Å²) in [6.07, 6.45) is 1.56. The molecule has 0 radical (unpaired) electrons. The van der Waals surface area contributed by atoms with Gasteiger partial charge in [-0.15, -0.1) is 0 Å². The molecule has 0 amide bonds. The van der Waals surface area contributed by atoms with E-state index in [1.54, 1.807) is 30.5 Å². The van der Waals surface area contributed by atoms with E-state index in [4.69, 9.17) is 25.8 Å². The summed E-state index contributed by atoms with van der Waals surface area (Å²) >= 11 is 6.66. The highest BCUT2D eigenvalue weighted by molar-refractivity contribution is 6.35. The van der Waals surface area contributed by atoms with Gasteiger partial charge in [0.1, 0.15) is 5.82 Å².